The van der Waals surface area contributed by atoms with E-state index < -0.39 is 17.1 Å². The Bertz CT molecular complexity index is 628. The van der Waals surface area contributed by atoms with Crippen LogP contribution in [0.15, 0.2) is 24.3 Å². The van der Waals surface area contributed by atoms with Crippen molar-refractivity contribution in [3.8, 4) is 0 Å². The first-order valence-corrected chi connectivity index (χ1v) is 9.00. The molecule has 25 heavy (non-hydrogen) atoms. The van der Waals surface area contributed by atoms with Crippen LogP contribution in [0.2, 0.25) is 0 Å². The number of aryl methyl sites for hydroxylation is 1. The predicted octanol–water partition coefficient (Wildman–Crippen LogP) is 0.903. The first-order chi connectivity index (χ1) is 11.8. The topological polar surface area (TPSA) is 79.0 Å². The van der Waals surface area contributed by atoms with Gasteiger partial charge >= 0.3 is 0 Å². The fraction of sp³-hybridized carbons (Fsp3) is 0.632. The minimum atomic E-state index is -0.961. The summed E-state index contributed by atoms with van der Waals surface area (Å²) in [4.78, 5) is 16.1. The van der Waals surface area contributed by atoms with Gasteiger partial charge in [-0.15, -0.1) is 0 Å². The summed E-state index contributed by atoms with van der Waals surface area (Å²) in [5.74, 6) is -0.446. The molecule has 2 saturated heterocycles. The summed E-state index contributed by atoms with van der Waals surface area (Å²) < 4.78 is 5.56. The van der Waals surface area contributed by atoms with Crippen LogP contribution in [0.5, 0.6) is 0 Å². The van der Waals surface area contributed by atoms with Crippen LogP contribution in [0.4, 0.5) is 5.69 Å². The Morgan fingerprint density at radius 2 is 2.04 bits per heavy atom. The van der Waals surface area contributed by atoms with E-state index in [1.54, 1.807) is 6.92 Å². The molecule has 0 aliphatic carbocycles. The number of hydrogen-bond acceptors (Lipinski definition) is 5. The van der Waals surface area contributed by atoms with Gasteiger partial charge in [-0.25, -0.2) is 0 Å². The lowest BCUT2D eigenvalue weighted by Gasteiger charge is -2.45. The minimum absolute atomic E-state index is 0.437. The minimum Gasteiger partial charge on any atom is -0.388 e. The molecule has 6 heteroatoms. The van der Waals surface area contributed by atoms with Crippen LogP contribution in [0.25, 0.3) is 0 Å². The van der Waals surface area contributed by atoms with Crippen molar-refractivity contribution < 1.29 is 14.6 Å². The molecule has 2 aliphatic rings. The van der Waals surface area contributed by atoms with Crippen molar-refractivity contribution in [2.75, 3.05) is 44.2 Å². The maximum atomic E-state index is 11.6. The summed E-state index contributed by atoms with van der Waals surface area (Å²) in [6, 6.07) is 8.48. The largest absolute Gasteiger partial charge is 0.388 e. The van der Waals surface area contributed by atoms with Crippen LogP contribution in [0, 0.1) is 6.92 Å². The number of nitrogens with two attached hydrogens (primary N) is 1. The van der Waals surface area contributed by atoms with Crippen molar-refractivity contribution in [1.29, 1.82) is 0 Å². The molecular weight excluding hydrogens is 318 g/mol. The average molecular weight is 347 g/mol. The van der Waals surface area contributed by atoms with E-state index in [9.17, 15) is 9.90 Å². The van der Waals surface area contributed by atoms with Crippen LogP contribution < -0.4 is 10.6 Å². The number of aliphatic hydroxyl groups is 1. The average Bonchev–Trinajstić information content (AvgIpc) is 2.55. The Balaban J connectivity index is 1.58. The van der Waals surface area contributed by atoms with Gasteiger partial charge in [0.25, 0.3) is 5.91 Å². The second-order valence-electron chi connectivity index (χ2n) is 7.70. The molecule has 3 N–H and O–H groups in total. The summed E-state index contributed by atoms with van der Waals surface area (Å²) in [7, 11) is 0. The maximum Gasteiger partial charge on any atom is 0.250 e. The van der Waals surface area contributed by atoms with Gasteiger partial charge in [0.05, 0.1) is 12.2 Å². The Morgan fingerprint density at radius 1 is 1.32 bits per heavy atom. The van der Waals surface area contributed by atoms with E-state index in [1.807, 2.05) is 0 Å². The highest BCUT2D eigenvalue weighted by atomic mass is 16.5. The Hall–Kier alpha value is -1.63. The molecule has 6 nitrogen and oxygen atoms in total. The number of carbonyl (C=O) groups excluding carboxylic acids is 1. The number of β-amino-alcohol motifs (C(OH)–C–C–N with tert-alkyl or cyclic N) is 1. The Labute approximate surface area is 149 Å². The van der Waals surface area contributed by atoms with Gasteiger partial charge in [0, 0.05) is 38.4 Å². The molecule has 1 amide bonds. The molecule has 2 aliphatic heterocycles. The zero-order chi connectivity index (χ0) is 18.1. The number of morpholine rings is 1. The number of amides is 1. The van der Waals surface area contributed by atoms with Gasteiger partial charge in [0.15, 0.2) is 5.60 Å². The zero-order valence-electron chi connectivity index (χ0n) is 15.2. The van der Waals surface area contributed by atoms with E-state index in [2.05, 4.69) is 41.0 Å². The third kappa shape index (κ3) is 4.14. The summed E-state index contributed by atoms with van der Waals surface area (Å²) in [6.45, 7) is 7.66. The molecule has 2 heterocycles. The molecule has 1 atom stereocenters. The van der Waals surface area contributed by atoms with E-state index in [0.717, 1.165) is 13.1 Å². The number of carbonyl (C=O) groups is 1. The molecule has 0 radical (unpaired) electrons. The number of hydrogen-bond donors (Lipinski definition) is 2. The lowest BCUT2D eigenvalue weighted by atomic mass is 9.89. The van der Waals surface area contributed by atoms with Crippen molar-refractivity contribution in [2.24, 2.45) is 5.73 Å². The Kier molecular flexibility index (Phi) is 5.04. The van der Waals surface area contributed by atoms with Gasteiger partial charge in [0.1, 0.15) is 0 Å². The molecule has 0 aromatic heterocycles. The molecule has 0 bridgehead atoms. The summed E-state index contributed by atoms with van der Waals surface area (Å²) in [5, 5.41) is 11.0. The van der Waals surface area contributed by atoms with Crippen molar-refractivity contribution in [1.82, 2.24) is 4.90 Å². The first-order valence-electron chi connectivity index (χ1n) is 9.00. The molecule has 0 saturated carbocycles. The molecule has 2 fully saturated rings. The number of piperidine rings is 1. The quantitative estimate of drug-likeness (QED) is 0.846. The van der Waals surface area contributed by atoms with Gasteiger partial charge < -0.3 is 20.5 Å². The third-order valence-electron chi connectivity index (χ3n) is 5.45. The lowest BCUT2D eigenvalue weighted by molar-refractivity contribution is -0.157. The van der Waals surface area contributed by atoms with E-state index >= 15 is 0 Å². The highest BCUT2D eigenvalue weighted by molar-refractivity contribution is 5.83. The van der Waals surface area contributed by atoms with Crippen LogP contribution in [0.1, 0.15) is 25.3 Å². The fourth-order valence-corrected chi connectivity index (χ4v) is 3.82. The standard InChI is InChI=1S/C19H29N3O3/c1-15-4-3-5-16(12-15)22-8-6-19(24,7-9-22)14-21-10-11-25-18(2,13-21)17(20)23/h3-5,12,24H,6-11,13-14H2,1-2H3,(H2,20,23). The molecular formula is C19H29N3O3. The molecule has 0 spiro atoms. The zero-order valence-corrected chi connectivity index (χ0v) is 15.2. The predicted molar refractivity (Wildman–Crippen MR) is 97.6 cm³/mol. The number of anilines is 1. The number of ether oxygens (including phenoxy) is 1. The highest BCUT2D eigenvalue weighted by Crippen LogP contribution is 2.29. The van der Waals surface area contributed by atoms with E-state index in [4.69, 9.17) is 10.5 Å². The van der Waals surface area contributed by atoms with Gasteiger partial charge in [0.2, 0.25) is 0 Å². The van der Waals surface area contributed by atoms with Crippen LogP contribution >= 0.6 is 0 Å². The van der Waals surface area contributed by atoms with Crippen LogP contribution in [-0.2, 0) is 9.53 Å². The van der Waals surface area contributed by atoms with Gasteiger partial charge in [-0.3, -0.25) is 9.69 Å². The summed E-state index contributed by atoms with van der Waals surface area (Å²) in [6.07, 6.45) is 1.43. The second-order valence-corrected chi connectivity index (χ2v) is 7.70. The van der Waals surface area contributed by atoms with Gasteiger partial charge in [-0.1, -0.05) is 12.1 Å². The number of primary amides is 1. The summed E-state index contributed by atoms with van der Waals surface area (Å²) in [5.41, 5.74) is 6.24. The van der Waals surface area contributed by atoms with Crippen LogP contribution in [0.3, 0.4) is 0 Å². The first kappa shape index (κ1) is 18.2. The molecule has 138 valence electrons. The molecule has 1 unspecified atom stereocenters. The smallest absolute Gasteiger partial charge is 0.250 e. The number of benzene rings is 1. The van der Waals surface area contributed by atoms with Crippen molar-refractivity contribution in [2.45, 2.75) is 37.9 Å². The molecule has 1 aromatic carbocycles. The lowest BCUT2D eigenvalue weighted by Crippen LogP contribution is -2.60. The monoisotopic (exact) mass is 347 g/mol. The van der Waals surface area contributed by atoms with Crippen molar-refractivity contribution in [3.05, 3.63) is 29.8 Å². The SMILES string of the molecule is Cc1cccc(N2CCC(O)(CN3CCOC(C)(C(N)=O)C3)CC2)c1. The third-order valence-corrected chi connectivity index (χ3v) is 5.45. The van der Waals surface area contributed by atoms with E-state index in [1.165, 1.54) is 11.3 Å². The van der Waals surface area contributed by atoms with Gasteiger partial charge in [-0.2, -0.15) is 0 Å². The normalized spacial score (nSPS) is 27.2. The van der Waals surface area contributed by atoms with Crippen molar-refractivity contribution >= 4 is 11.6 Å². The molecule has 3 rings (SSSR count). The number of nitrogens with zero attached hydrogens (tertiary/aromatic N) is 2. The highest BCUT2D eigenvalue weighted by Gasteiger charge is 2.41. The van der Waals surface area contributed by atoms with E-state index in [0.29, 0.717) is 39.1 Å². The van der Waals surface area contributed by atoms with E-state index in [-0.39, 0.29) is 0 Å². The number of rotatable bonds is 4. The van der Waals surface area contributed by atoms with Crippen molar-refractivity contribution in [3.63, 3.8) is 0 Å². The second kappa shape index (κ2) is 6.94. The maximum absolute atomic E-state index is 11.6. The van der Waals surface area contributed by atoms with Crippen LogP contribution in [-0.4, -0.2) is 66.4 Å². The molecule has 1 aromatic rings. The van der Waals surface area contributed by atoms with Gasteiger partial charge in [-0.05, 0) is 44.4 Å². The fourth-order valence-electron chi connectivity index (χ4n) is 3.82. The Morgan fingerprint density at radius 3 is 2.68 bits per heavy atom. The summed E-state index contributed by atoms with van der Waals surface area (Å²) >= 11 is 0.